The summed E-state index contributed by atoms with van der Waals surface area (Å²) in [4.78, 5) is 0. The molecular weight excluding hydrogens is 354 g/mol. The summed E-state index contributed by atoms with van der Waals surface area (Å²) in [5.41, 5.74) is 3.23. The number of halogens is 2. The molecule has 1 N–H and O–H groups in total. The summed E-state index contributed by atoms with van der Waals surface area (Å²) in [5.74, 6) is 1.78. The Kier molecular flexibility index (Phi) is 4.27. The van der Waals surface area contributed by atoms with Gasteiger partial charge < -0.3 is 14.8 Å². The van der Waals surface area contributed by atoms with Gasteiger partial charge in [0.1, 0.15) is 11.5 Å². The lowest BCUT2D eigenvalue weighted by Crippen LogP contribution is -2.02. The van der Waals surface area contributed by atoms with Crippen LogP contribution >= 0.6 is 27.5 Å². The normalized spacial score (nSPS) is 12.7. The van der Waals surface area contributed by atoms with Gasteiger partial charge in [-0.2, -0.15) is 0 Å². The van der Waals surface area contributed by atoms with Crippen molar-refractivity contribution < 1.29 is 9.47 Å². The van der Waals surface area contributed by atoms with Crippen LogP contribution in [0.25, 0.3) is 0 Å². The van der Waals surface area contributed by atoms with Gasteiger partial charge in [-0.3, -0.25) is 0 Å². The summed E-state index contributed by atoms with van der Waals surface area (Å²) in [6.45, 7) is 1.38. The molecule has 0 bridgehead atoms. The van der Waals surface area contributed by atoms with Crippen LogP contribution in [0.1, 0.15) is 11.1 Å². The van der Waals surface area contributed by atoms with Gasteiger partial charge in [-0.1, -0.05) is 11.6 Å². The molecule has 1 aliphatic heterocycles. The minimum atomic E-state index is 0.647. The molecule has 2 aromatic rings. The molecule has 0 fully saturated rings. The zero-order valence-electron chi connectivity index (χ0n) is 11.6. The van der Waals surface area contributed by atoms with E-state index in [0.29, 0.717) is 6.54 Å². The van der Waals surface area contributed by atoms with E-state index >= 15 is 0 Å². The molecule has 0 aliphatic carbocycles. The molecule has 3 nitrogen and oxygen atoms in total. The Morgan fingerprint density at radius 1 is 1.33 bits per heavy atom. The van der Waals surface area contributed by atoms with E-state index in [-0.39, 0.29) is 0 Å². The Bertz CT molecular complexity index is 676. The van der Waals surface area contributed by atoms with E-state index in [1.807, 2.05) is 30.3 Å². The minimum absolute atomic E-state index is 0.647. The number of nitrogens with one attached hydrogen (secondary N) is 1. The average Bonchev–Trinajstić information content (AvgIpc) is 2.94. The van der Waals surface area contributed by atoms with Crippen molar-refractivity contribution >= 4 is 33.2 Å². The zero-order valence-corrected chi connectivity index (χ0v) is 13.9. The van der Waals surface area contributed by atoms with Crippen LogP contribution in [0.5, 0.6) is 11.5 Å². The first-order valence-corrected chi connectivity index (χ1v) is 7.86. The Labute approximate surface area is 137 Å². The quantitative estimate of drug-likeness (QED) is 0.851. The molecule has 0 aromatic heterocycles. The Morgan fingerprint density at radius 3 is 3.00 bits per heavy atom. The van der Waals surface area contributed by atoms with Gasteiger partial charge in [0.25, 0.3) is 0 Å². The predicted octanol–water partition coefficient (Wildman–Crippen LogP) is 4.66. The first kappa shape index (κ1) is 14.5. The molecule has 5 heteroatoms. The number of ether oxygens (including phenoxy) is 2. The molecule has 0 atom stereocenters. The molecule has 110 valence electrons. The van der Waals surface area contributed by atoms with Gasteiger partial charge in [0.05, 0.1) is 19.4 Å². The molecule has 1 heterocycles. The van der Waals surface area contributed by atoms with Crippen LogP contribution in [0, 0.1) is 0 Å². The standard InChI is InChI=1S/C16H15BrClNO2/c1-20-13-2-3-14(17)15(8-13)19-9-11-7-12(18)6-10-4-5-21-16(10)11/h2-3,6-8,19H,4-5,9H2,1H3. The smallest absolute Gasteiger partial charge is 0.127 e. The minimum Gasteiger partial charge on any atom is -0.497 e. The molecular formula is C16H15BrClNO2. The number of anilines is 1. The Morgan fingerprint density at radius 2 is 2.19 bits per heavy atom. The van der Waals surface area contributed by atoms with E-state index in [0.717, 1.165) is 45.3 Å². The maximum absolute atomic E-state index is 6.18. The molecule has 0 amide bonds. The molecule has 1 aliphatic rings. The van der Waals surface area contributed by atoms with E-state index in [1.54, 1.807) is 7.11 Å². The van der Waals surface area contributed by atoms with E-state index in [4.69, 9.17) is 21.1 Å². The van der Waals surface area contributed by atoms with Crippen molar-refractivity contribution in [3.8, 4) is 11.5 Å². The fourth-order valence-electron chi connectivity index (χ4n) is 2.43. The molecule has 0 spiro atoms. The van der Waals surface area contributed by atoms with Gasteiger partial charge >= 0.3 is 0 Å². The summed E-state index contributed by atoms with van der Waals surface area (Å²) >= 11 is 9.71. The Hall–Kier alpha value is -1.39. The highest BCUT2D eigenvalue weighted by molar-refractivity contribution is 9.10. The largest absolute Gasteiger partial charge is 0.497 e. The third-order valence-electron chi connectivity index (χ3n) is 3.47. The molecule has 21 heavy (non-hydrogen) atoms. The monoisotopic (exact) mass is 367 g/mol. The van der Waals surface area contributed by atoms with Crippen LogP contribution in [0.2, 0.25) is 5.02 Å². The van der Waals surface area contributed by atoms with Crippen LogP contribution in [-0.4, -0.2) is 13.7 Å². The fourth-order valence-corrected chi connectivity index (χ4v) is 3.08. The number of methoxy groups -OCH3 is 1. The van der Waals surface area contributed by atoms with E-state index < -0.39 is 0 Å². The van der Waals surface area contributed by atoms with Crippen LogP contribution in [0.4, 0.5) is 5.69 Å². The highest BCUT2D eigenvalue weighted by Gasteiger charge is 2.17. The second kappa shape index (κ2) is 6.16. The summed E-state index contributed by atoms with van der Waals surface area (Å²) in [6, 6.07) is 9.76. The summed E-state index contributed by atoms with van der Waals surface area (Å²) < 4.78 is 12.0. The summed E-state index contributed by atoms with van der Waals surface area (Å²) in [7, 11) is 1.66. The Balaban J connectivity index is 1.82. The first-order chi connectivity index (χ1) is 10.2. The molecule has 0 radical (unpaired) electrons. The lowest BCUT2D eigenvalue weighted by molar-refractivity contribution is 0.354. The number of hydrogen-bond acceptors (Lipinski definition) is 3. The highest BCUT2D eigenvalue weighted by atomic mass is 79.9. The van der Waals surface area contributed by atoms with Crippen molar-refractivity contribution in [1.29, 1.82) is 0 Å². The molecule has 0 saturated heterocycles. The maximum atomic E-state index is 6.18. The summed E-state index contributed by atoms with van der Waals surface area (Å²) in [5, 5.41) is 4.15. The van der Waals surface area contributed by atoms with Gasteiger partial charge in [-0.05, 0) is 45.8 Å². The van der Waals surface area contributed by atoms with Crippen LogP contribution in [0.3, 0.4) is 0 Å². The molecule has 2 aromatic carbocycles. The number of benzene rings is 2. The van der Waals surface area contributed by atoms with Crippen molar-refractivity contribution in [2.45, 2.75) is 13.0 Å². The predicted molar refractivity (Wildman–Crippen MR) is 88.7 cm³/mol. The van der Waals surface area contributed by atoms with E-state index in [9.17, 15) is 0 Å². The van der Waals surface area contributed by atoms with Gasteiger partial charge in [-0.15, -0.1) is 0 Å². The molecule has 3 rings (SSSR count). The van der Waals surface area contributed by atoms with Crippen LogP contribution < -0.4 is 14.8 Å². The van der Waals surface area contributed by atoms with Gasteiger partial charge in [0.15, 0.2) is 0 Å². The first-order valence-electron chi connectivity index (χ1n) is 6.69. The number of rotatable bonds is 4. The highest BCUT2D eigenvalue weighted by Crippen LogP contribution is 2.34. The lowest BCUT2D eigenvalue weighted by Gasteiger charge is -2.13. The maximum Gasteiger partial charge on any atom is 0.127 e. The van der Waals surface area contributed by atoms with E-state index in [1.165, 1.54) is 5.56 Å². The third-order valence-corrected chi connectivity index (χ3v) is 4.38. The molecule has 0 saturated carbocycles. The van der Waals surface area contributed by atoms with E-state index in [2.05, 4.69) is 21.2 Å². The fraction of sp³-hybridized carbons (Fsp3) is 0.250. The van der Waals surface area contributed by atoms with Crippen molar-refractivity contribution in [3.05, 3.63) is 51.0 Å². The van der Waals surface area contributed by atoms with Crippen LogP contribution in [0.15, 0.2) is 34.8 Å². The van der Waals surface area contributed by atoms with Crippen LogP contribution in [-0.2, 0) is 13.0 Å². The SMILES string of the molecule is COc1ccc(Br)c(NCc2cc(Cl)cc3c2OCC3)c1. The van der Waals surface area contributed by atoms with Crippen molar-refractivity contribution in [3.63, 3.8) is 0 Å². The zero-order chi connectivity index (χ0) is 14.8. The van der Waals surface area contributed by atoms with Crippen molar-refractivity contribution in [2.75, 3.05) is 19.0 Å². The van der Waals surface area contributed by atoms with Gasteiger partial charge in [0.2, 0.25) is 0 Å². The van der Waals surface area contributed by atoms with Crippen molar-refractivity contribution in [1.82, 2.24) is 0 Å². The second-order valence-electron chi connectivity index (χ2n) is 4.85. The number of hydrogen-bond donors (Lipinski definition) is 1. The topological polar surface area (TPSA) is 30.5 Å². The lowest BCUT2D eigenvalue weighted by atomic mass is 10.1. The second-order valence-corrected chi connectivity index (χ2v) is 6.14. The molecule has 0 unspecified atom stereocenters. The van der Waals surface area contributed by atoms with Gasteiger partial charge in [0, 0.05) is 34.1 Å². The third kappa shape index (κ3) is 3.11. The van der Waals surface area contributed by atoms with Gasteiger partial charge in [-0.25, -0.2) is 0 Å². The summed E-state index contributed by atoms with van der Waals surface area (Å²) in [6.07, 6.45) is 0.922. The number of fused-ring (bicyclic) bond motifs is 1. The van der Waals surface area contributed by atoms with Crippen molar-refractivity contribution in [2.24, 2.45) is 0 Å². The average molecular weight is 369 g/mol.